The number of fused-ring (bicyclic) bond motifs is 1. The number of anilines is 1. The van der Waals surface area contributed by atoms with Gasteiger partial charge in [0, 0.05) is 6.07 Å². The van der Waals surface area contributed by atoms with Gasteiger partial charge in [-0.05, 0) is 37.1 Å². The molecule has 0 N–H and O–H groups in total. The number of nitrogens with zero attached hydrogens (tertiary/aromatic N) is 1. The third-order valence-electron chi connectivity index (χ3n) is 4.12. The molecule has 2 aromatic carbocycles. The highest BCUT2D eigenvalue weighted by atomic mass is 32.2. The Bertz CT molecular complexity index is 848. The molecule has 128 valence electrons. The van der Waals surface area contributed by atoms with Crippen molar-refractivity contribution < 1.29 is 17.9 Å². The van der Waals surface area contributed by atoms with Gasteiger partial charge >= 0.3 is 0 Å². The Balaban J connectivity index is 2.00. The number of ether oxygens (including phenoxy) is 2. The van der Waals surface area contributed by atoms with Crippen molar-refractivity contribution in [3.05, 3.63) is 53.6 Å². The lowest BCUT2D eigenvalue weighted by atomic mass is 10.1. The van der Waals surface area contributed by atoms with E-state index < -0.39 is 10.0 Å². The van der Waals surface area contributed by atoms with E-state index in [2.05, 4.69) is 0 Å². The van der Waals surface area contributed by atoms with Crippen LogP contribution in [-0.2, 0) is 15.8 Å². The van der Waals surface area contributed by atoms with Crippen LogP contribution in [0.25, 0.3) is 0 Å². The summed E-state index contributed by atoms with van der Waals surface area (Å²) in [4.78, 5) is 0. The Kier molecular flexibility index (Phi) is 4.41. The zero-order chi connectivity index (χ0) is 17.3. The number of hydrogen-bond acceptors (Lipinski definition) is 4. The first kappa shape index (κ1) is 16.6. The summed E-state index contributed by atoms with van der Waals surface area (Å²) in [6, 6.07) is 12.8. The summed E-state index contributed by atoms with van der Waals surface area (Å²) >= 11 is 0. The van der Waals surface area contributed by atoms with Gasteiger partial charge in [-0.2, -0.15) is 0 Å². The average molecular weight is 347 g/mol. The molecule has 5 nitrogen and oxygen atoms in total. The molecule has 0 fully saturated rings. The molecule has 24 heavy (non-hydrogen) atoms. The van der Waals surface area contributed by atoms with E-state index >= 15 is 0 Å². The van der Waals surface area contributed by atoms with Gasteiger partial charge in [-0.15, -0.1) is 0 Å². The molecule has 6 heteroatoms. The molecule has 1 heterocycles. The lowest BCUT2D eigenvalue weighted by molar-refractivity contribution is 0.219. The molecule has 0 radical (unpaired) electrons. The zero-order valence-electron chi connectivity index (χ0n) is 14.0. The Hall–Kier alpha value is -2.21. The molecule has 1 aliphatic heterocycles. The van der Waals surface area contributed by atoms with Crippen LogP contribution in [-0.4, -0.2) is 28.2 Å². The minimum atomic E-state index is -3.53. The minimum Gasteiger partial charge on any atom is -0.497 e. The lowest BCUT2D eigenvalue weighted by Gasteiger charge is -2.34. The largest absolute Gasteiger partial charge is 0.497 e. The second-order valence-electron chi connectivity index (χ2n) is 5.98. The molecule has 1 unspecified atom stereocenters. The van der Waals surface area contributed by atoms with Gasteiger partial charge in [-0.25, -0.2) is 8.42 Å². The topological polar surface area (TPSA) is 55.8 Å². The van der Waals surface area contributed by atoms with Crippen LogP contribution in [0.2, 0.25) is 0 Å². The molecule has 0 spiro atoms. The monoisotopic (exact) mass is 347 g/mol. The maximum absolute atomic E-state index is 13.0. The first-order valence-corrected chi connectivity index (χ1v) is 9.41. The zero-order valence-corrected chi connectivity index (χ0v) is 14.8. The highest BCUT2D eigenvalue weighted by Crippen LogP contribution is 2.38. The SMILES string of the molecule is COc1ccc2c(c1)N(S(=O)(=O)Cc1ccccc1C)CC(C)O2. The van der Waals surface area contributed by atoms with E-state index in [0.29, 0.717) is 17.2 Å². The van der Waals surface area contributed by atoms with Crippen LogP contribution < -0.4 is 13.8 Å². The number of rotatable bonds is 4. The van der Waals surface area contributed by atoms with Crippen LogP contribution in [0.1, 0.15) is 18.1 Å². The van der Waals surface area contributed by atoms with Gasteiger partial charge in [0.05, 0.1) is 25.1 Å². The van der Waals surface area contributed by atoms with E-state index in [4.69, 9.17) is 9.47 Å². The number of methoxy groups -OCH3 is 1. The fraction of sp³-hybridized carbons (Fsp3) is 0.333. The second-order valence-corrected chi connectivity index (χ2v) is 7.87. The number of benzene rings is 2. The molecule has 0 bridgehead atoms. The molecule has 2 aromatic rings. The summed E-state index contributed by atoms with van der Waals surface area (Å²) in [6.45, 7) is 4.07. The van der Waals surface area contributed by atoms with Gasteiger partial charge < -0.3 is 9.47 Å². The number of aryl methyl sites for hydroxylation is 1. The van der Waals surface area contributed by atoms with Crippen molar-refractivity contribution in [2.24, 2.45) is 0 Å². The summed E-state index contributed by atoms with van der Waals surface area (Å²) < 4.78 is 38.5. The van der Waals surface area contributed by atoms with E-state index in [9.17, 15) is 8.42 Å². The fourth-order valence-corrected chi connectivity index (χ4v) is 4.57. The summed E-state index contributed by atoms with van der Waals surface area (Å²) in [6.07, 6.45) is -0.211. The standard InChI is InChI=1S/C18H21NO4S/c1-13-6-4-5-7-15(13)12-24(20,21)19-11-14(2)23-18-9-8-16(22-3)10-17(18)19/h4-10,14H,11-12H2,1-3H3. The quantitative estimate of drug-likeness (QED) is 0.853. The average Bonchev–Trinajstić information content (AvgIpc) is 2.55. The van der Waals surface area contributed by atoms with Crippen molar-refractivity contribution in [3.63, 3.8) is 0 Å². The van der Waals surface area contributed by atoms with E-state index in [-0.39, 0.29) is 18.4 Å². The van der Waals surface area contributed by atoms with Crippen molar-refractivity contribution in [1.29, 1.82) is 0 Å². The lowest BCUT2D eigenvalue weighted by Crippen LogP contribution is -2.42. The van der Waals surface area contributed by atoms with Crippen LogP contribution in [0.15, 0.2) is 42.5 Å². The summed E-state index contributed by atoms with van der Waals surface area (Å²) in [5.41, 5.74) is 2.30. The van der Waals surface area contributed by atoms with Crippen molar-refractivity contribution in [3.8, 4) is 11.5 Å². The first-order chi connectivity index (χ1) is 11.4. The highest BCUT2D eigenvalue weighted by molar-refractivity contribution is 7.92. The third-order valence-corrected chi connectivity index (χ3v) is 5.81. The normalized spacial score (nSPS) is 17.1. The molecule has 0 aliphatic carbocycles. The van der Waals surface area contributed by atoms with Gasteiger partial charge in [0.1, 0.15) is 17.6 Å². The van der Waals surface area contributed by atoms with E-state index in [1.54, 1.807) is 25.3 Å². The second kappa shape index (κ2) is 6.36. The summed E-state index contributed by atoms with van der Waals surface area (Å²) in [7, 11) is -1.98. The van der Waals surface area contributed by atoms with Crippen molar-refractivity contribution >= 4 is 15.7 Å². The first-order valence-electron chi connectivity index (χ1n) is 7.80. The smallest absolute Gasteiger partial charge is 0.239 e. The molecule has 1 atom stereocenters. The van der Waals surface area contributed by atoms with E-state index in [1.807, 2.05) is 38.1 Å². The van der Waals surface area contributed by atoms with E-state index in [1.165, 1.54) is 4.31 Å². The molecule has 3 rings (SSSR count). The Morgan fingerprint density at radius 2 is 2.00 bits per heavy atom. The van der Waals surface area contributed by atoms with Crippen molar-refractivity contribution in [2.45, 2.75) is 25.7 Å². The maximum Gasteiger partial charge on any atom is 0.239 e. The van der Waals surface area contributed by atoms with Gasteiger partial charge in [0.2, 0.25) is 10.0 Å². The predicted molar refractivity (Wildman–Crippen MR) is 94.2 cm³/mol. The molecule has 1 aliphatic rings. The number of hydrogen-bond donors (Lipinski definition) is 0. The molecular formula is C18H21NO4S. The van der Waals surface area contributed by atoms with Gasteiger partial charge in [-0.1, -0.05) is 24.3 Å². The Labute approximate surface area is 142 Å². The van der Waals surface area contributed by atoms with Crippen LogP contribution in [0.5, 0.6) is 11.5 Å². The number of sulfonamides is 1. The maximum atomic E-state index is 13.0. The molecule has 0 saturated carbocycles. The van der Waals surface area contributed by atoms with Gasteiger partial charge in [0.25, 0.3) is 0 Å². The predicted octanol–water partition coefficient (Wildman–Crippen LogP) is 3.12. The van der Waals surface area contributed by atoms with Gasteiger partial charge in [-0.3, -0.25) is 4.31 Å². The highest BCUT2D eigenvalue weighted by Gasteiger charge is 2.32. The van der Waals surface area contributed by atoms with Crippen molar-refractivity contribution in [2.75, 3.05) is 18.0 Å². The third kappa shape index (κ3) is 3.19. The van der Waals surface area contributed by atoms with Gasteiger partial charge in [0.15, 0.2) is 0 Å². The Morgan fingerprint density at radius 3 is 2.71 bits per heavy atom. The molecule has 0 amide bonds. The van der Waals surface area contributed by atoms with E-state index in [0.717, 1.165) is 11.1 Å². The molecular weight excluding hydrogens is 326 g/mol. The summed E-state index contributed by atoms with van der Waals surface area (Å²) in [5.74, 6) is 1.12. The molecule has 0 aromatic heterocycles. The fourth-order valence-electron chi connectivity index (χ4n) is 2.81. The molecule has 0 saturated heterocycles. The minimum absolute atomic E-state index is 0.0386. The van der Waals surface area contributed by atoms with Crippen LogP contribution in [0, 0.1) is 6.92 Å². The van der Waals surface area contributed by atoms with Crippen LogP contribution in [0.3, 0.4) is 0 Å². The summed E-state index contributed by atoms with van der Waals surface area (Å²) in [5, 5.41) is 0. The van der Waals surface area contributed by atoms with Crippen LogP contribution >= 0.6 is 0 Å². The van der Waals surface area contributed by atoms with Crippen molar-refractivity contribution in [1.82, 2.24) is 0 Å². The Morgan fingerprint density at radius 1 is 1.25 bits per heavy atom. The van der Waals surface area contributed by atoms with Crippen LogP contribution in [0.4, 0.5) is 5.69 Å².